The van der Waals surface area contributed by atoms with Crippen LogP contribution in [0, 0.1) is 5.41 Å². The number of amides is 2. The molecule has 0 aliphatic rings. The summed E-state index contributed by atoms with van der Waals surface area (Å²) in [6.45, 7) is 2.91. The first kappa shape index (κ1) is 20.3. The van der Waals surface area contributed by atoms with E-state index in [1.807, 2.05) is 0 Å². The summed E-state index contributed by atoms with van der Waals surface area (Å²) in [7, 11) is 6.04. The normalized spacial score (nSPS) is 10.8. The first-order valence-corrected chi connectivity index (χ1v) is 7.54. The number of carbonyl (C=O) groups is 3. The smallest absolute Gasteiger partial charge is 0.309 e. The number of hydrogen-bond donors (Lipinski definition) is 2. The number of aliphatic carboxylic acids is 1. The molecule has 0 aliphatic carbocycles. The Morgan fingerprint density at radius 1 is 1.12 bits per heavy atom. The van der Waals surface area contributed by atoms with Gasteiger partial charge in [0, 0.05) is 26.6 Å². The molecule has 1 aromatic rings. The molecule has 0 fully saturated rings. The van der Waals surface area contributed by atoms with Crippen LogP contribution in [0.5, 0.6) is 11.5 Å². The van der Waals surface area contributed by atoms with Crippen LogP contribution in [0.25, 0.3) is 0 Å². The van der Waals surface area contributed by atoms with Crippen LogP contribution in [0.15, 0.2) is 12.1 Å². The lowest BCUT2D eigenvalue weighted by Gasteiger charge is -2.20. The molecule has 0 spiro atoms. The van der Waals surface area contributed by atoms with Gasteiger partial charge in [-0.25, -0.2) is 0 Å². The zero-order valence-electron chi connectivity index (χ0n) is 15.3. The van der Waals surface area contributed by atoms with Gasteiger partial charge in [0.25, 0.3) is 5.91 Å². The van der Waals surface area contributed by atoms with Gasteiger partial charge in [0.05, 0.1) is 30.9 Å². The van der Waals surface area contributed by atoms with Crippen LogP contribution >= 0.6 is 0 Å². The number of ether oxygens (including phenoxy) is 2. The van der Waals surface area contributed by atoms with Crippen LogP contribution in [0.3, 0.4) is 0 Å². The quantitative estimate of drug-likeness (QED) is 0.776. The Morgan fingerprint density at radius 3 is 2.08 bits per heavy atom. The molecule has 0 saturated heterocycles. The molecule has 0 aliphatic heterocycles. The van der Waals surface area contributed by atoms with Crippen molar-refractivity contribution in [2.24, 2.45) is 5.41 Å². The third kappa shape index (κ3) is 4.85. The molecule has 2 N–H and O–H groups in total. The zero-order valence-corrected chi connectivity index (χ0v) is 15.3. The van der Waals surface area contributed by atoms with E-state index in [1.165, 1.54) is 45.1 Å². The summed E-state index contributed by atoms with van der Waals surface area (Å²) in [5.41, 5.74) is -0.793. The second kappa shape index (κ2) is 7.87. The predicted octanol–water partition coefficient (Wildman–Crippen LogP) is 1.84. The van der Waals surface area contributed by atoms with Crippen LogP contribution in [0.1, 0.15) is 30.6 Å². The number of benzene rings is 1. The number of rotatable bonds is 7. The number of carboxylic acid groups (broad SMARTS) is 1. The molecule has 1 aromatic carbocycles. The maximum Gasteiger partial charge on any atom is 0.309 e. The van der Waals surface area contributed by atoms with E-state index < -0.39 is 17.3 Å². The number of carbonyl (C=O) groups excluding carboxylic acids is 2. The van der Waals surface area contributed by atoms with Gasteiger partial charge in [-0.05, 0) is 19.9 Å². The van der Waals surface area contributed by atoms with Crippen LogP contribution < -0.4 is 14.8 Å². The third-order valence-corrected chi connectivity index (χ3v) is 3.62. The Morgan fingerprint density at radius 2 is 1.64 bits per heavy atom. The van der Waals surface area contributed by atoms with Crippen molar-refractivity contribution >= 4 is 23.5 Å². The van der Waals surface area contributed by atoms with Gasteiger partial charge in [-0.1, -0.05) is 0 Å². The van der Waals surface area contributed by atoms with Crippen molar-refractivity contribution in [3.05, 3.63) is 17.7 Å². The second-order valence-corrected chi connectivity index (χ2v) is 6.37. The predicted molar refractivity (Wildman–Crippen MR) is 92.2 cm³/mol. The highest BCUT2D eigenvalue weighted by Crippen LogP contribution is 2.34. The van der Waals surface area contributed by atoms with E-state index in [4.69, 9.17) is 14.6 Å². The van der Waals surface area contributed by atoms with Gasteiger partial charge in [0.2, 0.25) is 5.91 Å². The average Bonchev–Trinajstić information content (AvgIpc) is 2.52. The lowest BCUT2D eigenvalue weighted by Crippen LogP contribution is -2.30. The molecule has 0 aromatic heterocycles. The minimum atomic E-state index is -1.23. The summed E-state index contributed by atoms with van der Waals surface area (Å²) < 4.78 is 10.4. The molecule has 1 rings (SSSR count). The molecule has 0 unspecified atom stereocenters. The zero-order chi connectivity index (χ0) is 19.4. The van der Waals surface area contributed by atoms with Gasteiger partial charge in [-0.15, -0.1) is 0 Å². The minimum absolute atomic E-state index is 0.212. The Kier molecular flexibility index (Phi) is 6.38. The maximum absolute atomic E-state index is 12.4. The van der Waals surface area contributed by atoms with Crippen LogP contribution in [0.2, 0.25) is 0 Å². The Labute approximate surface area is 146 Å². The highest BCUT2D eigenvalue weighted by Gasteiger charge is 2.31. The summed E-state index contributed by atoms with van der Waals surface area (Å²) in [4.78, 5) is 37.2. The summed E-state index contributed by atoms with van der Waals surface area (Å²) in [6.07, 6.45) is -0.244. The topological polar surface area (TPSA) is 105 Å². The average molecular weight is 352 g/mol. The molecule has 0 radical (unpaired) electrons. The highest BCUT2D eigenvalue weighted by molar-refractivity contribution is 6.05. The molecule has 0 bridgehead atoms. The van der Waals surface area contributed by atoms with E-state index in [0.29, 0.717) is 11.5 Å². The monoisotopic (exact) mass is 352 g/mol. The molecular weight excluding hydrogens is 328 g/mol. The summed E-state index contributed by atoms with van der Waals surface area (Å²) in [5.74, 6) is -1.26. The number of methoxy groups -OCH3 is 2. The van der Waals surface area contributed by atoms with E-state index in [2.05, 4.69) is 5.32 Å². The molecular formula is C17H24N2O6. The van der Waals surface area contributed by atoms with E-state index in [0.717, 1.165) is 0 Å². The van der Waals surface area contributed by atoms with E-state index in [-0.39, 0.29) is 23.6 Å². The molecule has 0 heterocycles. The molecule has 8 heteroatoms. The first-order chi connectivity index (χ1) is 11.5. The fourth-order valence-electron chi connectivity index (χ4n) is 2.07. The fourth-order valence-corrected chi connectivity index (χ4v) is 2.07. The largest absolute Gasteiger partial charge is 0.493 e. The van der Waals surface area contributed by atoms with Gasteiger partial charge in [0.1, 0.15) is 0 Å². The van der Waals surface area contributed by atoms with E-state index in [9.17, 15) is 14.4 Å². The van der Waals surface area contributed by atoms with Gasteiger partial charge in [-0.2, -0.15) is 0 Å². The summed E-state index contributed by atoms with van der Waals surface area (Å²) in [5, 5.41) is 11.7. The van der Waals surface area contributed by atoms with E-state index in [1.54, 1.807) is 14.1 Å². The van der Waals surface area contributed by atoms with Crippen molar-refractivity contribution in [1.82, 2.24) is 4.90 Å². The van der Waals surface area contributed by atoms with Crippen LogP contribution in [0.4, 0.5) is 5.69 Å². The SMILES string of the molecule is COc1cc(NC(=O)CC(C)(C)C(=O)O)c(C(=O)N(C)C)cc1OC. The third-order valence-electron chi connectivity index (χ3n) is 3.62. The molecule has 8 nitrogen and oxygen atoms in total. The fraction of sp³-hybridized carbons (Fsp3) is 0.471. The van der Waals surface area contributed by atoms with Crippen molar-refractivity contribution in [3.63, 3.8) is 0 Å². The number of nitrogens with one attached hydrogen (secondary N) is 1. The number of anilines is 1. The minimum Gasteiger partial charge on any atom is -0.493 e. The number of nitrogens with zero attached hydrogens (tertiary/aromatic N) is 1. The van der Waals surface area contributed by atoms with Crippen molar-refractivity contribution in [1.29, 1.82) is 0 Å². The Balaban J connectivity index is 3.25. The lowest BCUT2D eigenvalue weighted by molar-refractivity contribution is -0.148. The number of hydrogen-bond acceptors (Lipinski definition) is 5. The standard InChI is InChI=1S/C17H24N2O6/c1-17(2,16(22)23)9-14(20)18-11-8-13(25-6)12(24-5)7-10(11)15(21)19(3)4/h7-8H,9H2,1-6H3,(H,18,20)(H,22,23). The van der Waals surface area contributed by atoms with Crippen LogP contribution in [-0.2, 0) is 9.59 Å². The molecule has 0 atom stereocenters. The molecule has 138 valence electrons. The molecule has 2 amide bonds. The van der Waals surface area contributed by atoms with Gasteiger partial charge < -0.3 is 24.8 Å². The van der Waals surface area contributed by atoms with Crippen molar-refractivity contribution in [2.45, 2.75) is 20.3 Å². The summed E-state index contributed by atoms with van der Waals surface area (Å²) in [6, 6.07) is 2.94. The van der Waals surface area contributed by atoms with Crippen molar-refractivity contribution < 1.29 is 29.0 Å². The lowest BCUT2D eigenvalue weighted by atomic mass is 9.89. The first-order valence-electron chi connectivity index (χ1n) is 7.54. The Hall–Kier alpha value is -2.77. The van der Waals surface area contributed by atoms with Crippen molar-refractivity contribution in [3.8, 4) is 11.5 Å². The molecule has 0 saturated carbocycles. The summed E-state index contributed by atoms with van der Waals surface area (Å²) >= 11 is 0. The maximum atomic E-state index is 12.4. The van der Waals surface area contributed by atoms with Gasteiger partial charge in [-0.3, -0.25) is 14.4 Å². The van der Waals surface area contributed by atoms with Crippen molar-refractivity contribution in [2.75, 3.05) is 33.6 Å². The Bertz CT molecular complexity index is 682. The van der Waals surface area contributed by atoms with Crippen LogP contribution in [-0.4, -0.2) is 56.1 Å². The second-order valence-electron chi connectivity index (χ2n) is 6.37. The molecule has 25 heavy (non-hydrogen) atoms. The van der Waals surface area contributed by atoms with Gasteiger partial charge >= 0.3 is 5.97 Å². The van der Waals surface area contributed by atoms with E-state index >= 15 is 0 Å². The number of carboxylic acids is 1. The highest BCUT2D eigenvalue weighted by atomic mass is 16.5. The van der Waals surface area contributed by atoms with Gasteiger partial charge in [0.15, 0.2) is 11.5 Å².